The summed E-state index contributed by atoms with van der Waals surface area (Å²) < 4.78 is 76.5. The SMILES string of the molecule is CCNc1nc(Nc2ccc(C(F)(F)F)cc2Cl)cc(C(F)(F)F)n1. The summed E-state index contributed by atoms with van der Waals surface area (Å²) in [6.07, 6.45) is -9.30. The summed E-state index contributed by atoms with van der Waals surface area (Å²) in [6.45, 7) is 1.92. The van der Waals surface area contributed by atoms with Gasteiger partial charge in [-0.2, -0.15) is 31.3 Å². The molecule has 0 radical (unpaired) electrons. The molecule has 0 saturated heterocycles. The summed E-state index contributed by atoms with van der Waals surface area (Å²) in [4.78, 5) is 7.17. The van der Waals surface area contributed by atoms with Crippen LogP contribution in [0.25, 0.3) is 0 Å². The van der Waals surface area contributed by atoms with E-state index in [1.54, 1.807) is 6.92 Å². The first-order valence-electron chi connectivity index (χ1n) is 6.84. The van der Waals surface area contributed by atoms with Gasteiger partial charge in [0.1, 0.15) is 5.82 Å². The lowest BCUT2D eigenvalue weighted by atomic mass is 10.2. The van der Waals surface area contributed by atoms with Crippen LogP contribution in [0.1, 0.15) is 18.2 Å². The van der Waals surface area contributed by atoms with Gasteiger partial charge in [0.2, 0.25) is 5.95 Å². The smallest absolute Gasteiger partial charge is 0.354 e. The van der Waals surface area contributed by atoms with E-state index in [0.29, 0.717) is 12.1 Å². The standard InChI is InChI=1S/C14H11ClF6N4/c1-2-22-12-24-10(14(19,20)21)6-11(25-12)23-9-4-3-7(5-8(9)15)13(16,17)18/h3-6H,2H2,1H3,(H2,22,23,24,25). The molecule has 0 atom stereocenters. The molecule has 2 aromatic rings. The van der Waals surface area contributed by atoms with Gasteiger partial charge in [-0.25, -0.2) is 4.98 Å². The lowest BCUT2D eigenvalue weighted by Crippen LogP contribution is -2.13. The highest BCUT2D eigenvalue weighted by Gasteiger charge is 2.34. The summed E-state index contributed by atoms with van der Waals surface area (Å²) in [5.41, 5.74) is -2.21. The van der Waals surface area contributed by atoms with Gasteiger partial charge in [-0.05, 0) is 25.1 Å². The molecule has 2 rings (SSSR count). The molecule has 0 aliphatic heterocycles. The average molecular weight is 385 g/mol. The second-order valence-electron chi connectivity index (χ2n) is 4.81. The van der Waals surface area contributed by atoms with E-state index in [9.17, 15) is 26.3 Å². The first-order valence-corrected chi connectivity index (χ1v) is 7.22. The van der Waals surface area contributed by atoms with E-state index >= 15 is 0 Å². The Balaban J connectivity index is 2.38. The number of alkyl halides is 6. The number of rotatable bonds is 4. The highest BCUT2D eigenvalue weighted by atomic mass is 35.5. The number of aromatic nitrogens is 2. The van der Waals surface area contributed by atoms with Gasteiger partial charge in [0.05, 0.1) is 16.3 Å². The summed E-state index contributed by atoms with van der Waals surface area (Å²) in [7, 11) is 0. The van der Waals surface area contributed by atoms with Gasteiger partial charge in [-0.1, -0.05) is 11.6 Å². The highest BCUT2D eigenvalue weighted by Crippen LogP contribution is 2.35. The second-order valence-corrected chi connectivity index (χ2v) is 5.21. The van der Waals surface area contributed by atoms with E-state index in [1.807, 2.05) is 0 Å². The second kappa shape index (κ2) is 6.95. The zero-order valence-electron chi connectivity index (χ0n) is 12.6. The lowest BCUT2D eigenvalue weighted by Gasteiger charge is -2.14. The van der Waals surface area contributed by atoms with E-state index in [0.717, 1.165) is 12.1 Å². The summed E-state index contributed by atoms with van der Waals surface area (Å²) in [5, 5.41) is 4.70. The van der Waals surface area contributed by atoms with Crippen molar-refractivity contribution in [3.8, 4) is 0 Å². The Hall–Kier alpha value is -2.23. The molecule has 11 heteroatoms. The number of anilines is 3. The Labute approximate surface area is 143 Å². The third-order valence-corrected chi connectivity index (χ3v) is 3.22. The van der Waals surface area contributed by atoms with Crippen molar-refractivity contribution in [1.82, 2.24) is 9.97 Å². The van der Waals surface area contributed by atoms with E-state index in [2.05, 4.69) is 20.6 Å². The van der Waals surface area contributed by atoms with Crippen molar-refractivity contribution in [2.24, 2.45) is 0 Å². The zero-order valence-corrected chi connectivity index (χ0v) is 13.3. The molecule has 25 heavy (non-hydrogen) atoms. The van der Waals surface area contributed by atoms with Crippen LogP contribution in [-0.4, -0.2) is 16.5 Å². The summed E-state index contributed by atoms with van der Waals surface area (Å²) in [5.74, 6) is -0.539. The van der Waals surface area contributed by atoms with Crippen LogP contribution in [0.3, 0.4) is 0 Å². The molecule has 0 aliphatic carbocycles. The van der Waals surface area contributed by atoms with Gasteiger partial charge in [0, 0.05) is 12.6 Å². The number of benzene rings is 1. The van der Waals surface area contributed by atoms with Crippen LogP contribution in [0.15, 0.2) is 24.3 Å². The van der Waals surface area contributed by atoms with E-state index in [4.69, 9.17) is 11.6 Å². The molecule has 0 bridgehead atoms. The third kappa shape index (κ3) is 4.88. The van der Waals surface area contributed by atoms with Gasteiger partial charge in [-0.3, -0.25) is 0 Å². The predicted octanol–water partition coefficient (Wildman–Crippen LogP) is 5.34. The minimum Gasteiger partial charge on any atom is -0.354 e. The highest BCUT2D eigenvalue weighted by molar-refractivity contribution is 6.33. The van der Waals surface area contributed by atoms with Crippen molar-refractivity contribution in [1.29, 1.82) is 0 Å². The Kier molecular flexibility index (Phi) is 5.31. The molecule has 1 aromatic carbocycles. The molecule has 4 nitrogen and oxygen atoms in total. The molecule has 1 heterocycles. The first-order chi connectivity index (χ1) is 11.5. The number of nitrogens with one attached hydrogen (secondary N) is 2. The Bertz CT molecular complexity index is 760. The normalized spacial score (nSPS) is 12.2. The quantitative estimate of drug-likeness (QED) is 0.698. The van der Waals surface area contributed by atoms with Crippen molar-refractivity contribution in [3.05, 3.63) is 40.5 Å². The number of nitrogens with zero attached hydrogens (tertiary/aromatic N) is 2. The average Bonchev–Trinajstić information content (AvgIpc) is 2.47. The number of halogens is 7. The van der Waals surface area contributed by atoms with Crippen molar-refractivity contribution >= 4 is 29.1 Å². The molecule has 2 N–H and O–H groups in total. The molecule has 0 unspecified atom stereocenters. The van der Waals surface area contributed by atoms with E-state index < -0.39 is 23.6 Å². The fourth-order valence-corrected chi connectivity index (χ4v) is 2.05. The van der Waals surface area contributed by atoms with E-state index in [1.165, 1.54) is 0 Å². The molecule has 136 valence electrons. The van der Waals surface area contributed by atoms with Crippen LogP contribution in [0.5, 0.6) is 0 Å². The van der Waals surface area contributed by atoms with Crippen LogP contribution in [0.2, 0.25) is 5.02 Å². The Morgan fingerprint density at radius 1 is 1.00 bits per heavy atom. The molecular weight excluding hydrogens is 374 g/mol. The number of hydrogen-bond acceptors (Lipinski definition) is 4. The molecule has 0 amide bonds. The van der Waals surface area contributed by atoms with Gasteiger partial charge in [0.25, 0.3) is 0 Å². The maximum absolute atomic E-state index is 12.9. The zero-order chi connectivity index (χ0) is 18.8. The van der Waals surface area contributed by atoms with Crippen LogP contribution >= 0.6 is 11.6 Å². The van der Waals surface area contributed by atoms with Crippen LogP contribution in [0.4, 0.5) is 43.8 Å². The maximum atomic E-state index is 12.9. The molecular formula is C14H11ClF6N4. The first kappa shape index (κ1) is 19.1. The van der Waals surface area contributed by atoms with Crippen LogP contribution in [0, 0.1) is 0 Å². The minimum atomic E-state index is -4.71. The van der Waals surface area contributed by atoms with E-state index in [-0.39, 0.29) is 29.0 Å². The van der Waals surface area contributed by atoms with Gasteiger partial charge in [-0.15, -0.1) is 0 Å². The topological polar surface area (TPSA) is 49.8 Å². The van der Waals surface area contributed by atoms with Crippen molar-refractivity contribution in [2.75, 3.05) is 17.2 Å². The summed E-state index contributed by atoms with van der Waals surface area (Å²) in [6, 6.07) is 3.06. The summed E-state index contributed by atoms with van der Waals surface area (Å²) >= 11 is 5.77. The molecule has 0 saturated carbocycles. The molecule has 1 aromatic heterocycles. The molecule has 0 aliphatic rings. The van der Waals surface area contributed by atoms with Crippen molar-refractivity contribution in [3.63, 3.8) is 0 Å². The van der Waals surface area contributed by atoms with Gasteiger partial charge in [0.15, 0.2) is 5.69 Å². The Morgan fingerprint density at radius 3 is 2.20 bits per heavy atom. The molecule has 0 spiro atoms. The maximum Gasteiger partial charge on any atom is 0.433 e. The minimum absolute atomic E-state index is 0.0241. The Morgan fingerprint density at radius 2 is 1.68 bits per heavy atom. The monoisotopic (exact) mass is 384 g/mol. The van der Waals surface area contributed by atoms with Gasteiger partial charge < -0.3 is 10.6 Å². The largest absolute Gasteiger partial charge is 0.433 e. The number of hydrogen-bond donors (Lipinski definition) is 2. The van der Waals surface area contributed by atoms with Crippen molar-refractivity contribution in [2.45, 2.75) is 19.3 Å². The fraction of sp³-hybridized carbons (Fsp3) is 0.286. The van der Waals surface area contributed by atoms with Crippen molar-refractivity contribution < 1.29 is 26.3 Å². The van der Waals surface area contributed by atoms with Gasteiger partial charge >= 0.3 is 12.4 Å². The fourth-order valence-electron chi connectivity index (χ4n) is 1.82. The lowest BCUT2D eigenvalue weighted by molar-refractivity contribution is -0.141. The molecule has 0 fully saturated rings. The predicted molar refractivity (Wildman–Crippen MR) is 80.9 cm³/mol. The third-order valence-electron chi connectivity index (χ3n) is 2.91. The van der Waals surface area contributed by atoms with Crippen LogP contribution in [-0.2, 0) is 12.4 Å². The van der Waals surface area contributed by atoms with Crippen LogP contribution < -0.4 is 10.6 Å².